The number of aromatic nitrogens is 2. The summed E-state index contributed by atoms with van der Waals surface area (Å²) in [5.41, 5.74) is 0.730. The number of nitrogens with zero attached hydrogens (tertiary/aromatic N) is 3. The van der Waals surface area contributed by atoms with Crippen molar-refractivity contribution in [3.05, 3.63) is 70.1 Å². The van der Waals surface area contributed by atoms with E-state index in [4.69, 9.17) is 9.15 Å². The molecule has 25 heavy (non-hydrogen) atoms. The van der Waals surface area contributed by atoms with Crippen LogP contribution in [0.1, 0.15) is 16.2 Å². The number of rotatable bonds is 5. The van der Waals surface area contributed by atoms with Gasteiger partial charge < -0.3 is 14.3 Å². The zero-order chi connectivity index (χ0) is 17.8. The molecule has 0 spiro atoms. The Labute approximate surface area is 140 Å². The lowest BCUT2D eigenvalue weighted by atomic mass is 10.2. The van der Waals surface area contributed by atoms with Gasteiger partial charge in [0.2, 0.25) is 5.89 Å². The molecule has 1 heterocycles. The first-order chi connectivity index (χ1) is 12.0. The number of carbonyl (C=O) groups is 1. The summed E-state index contributed by atoms with van der Waals surface area (Å²) in [6.45, 7) is -0.223. The molecule has 126 valence electrons. The summed E-state index contributed by atoms with van der Waals surface area (Å²) in [7, 11) is 0. The molecule has 0 fully saturated rings. The molecule has 0 saturated heterocycles. The third-order valence-electron chi connectivity index (χ3n) is 3.22. The van der Waals surface area contributed by atoms with E-state index in [-0.39, 0.29) is 35.4 Å². The molecule has 0 amide bonds. The van der Waals surface area contributed by atoms with Crippen LogP contribution in [0.15, 0.2) is 52.9 Å². The normalized spacial score (nSPS) is 10.4. The summed E-state index contributed by atoms with van der Waals surface area (Å²) in [6, 6.07) is 11.2. The standard InChI is InChI=1S/C16H11N3O6/c20-13-7-3-11(4-8-13)16(21)24-9-14-17-18-15(25-14)10-1-5-12(6-2-10)19(22)23/h1-8,20H,9H2. The molecular weight excluding hydrogens is 330 g/mol. The second-order valence-corrected chi connectivity index (χ2v) is 4.93. The van der Waals surface area contributed by atoms with Crippen molar-refractivity contribution in [2.45, 2.75) is 6.61 Å². The van der Waals surface area contributed by atoms with Crippen molar-refractivity contribution >= 4 is 11.7 Å². The zero-order valence-corrected chi connectivity index (χ0v) is 12.7. The minimum Gasteiger partial charge on any atom is -0.508 e. The molecule has 9 heteroatoms. The van der Waals surface area contributed by atoms with E-state index in [2.05, 4.69) is 10.2 Å². The van der Waals surface area contributed by atoms with Gasteiger partial charge in [-0.25, -0.2) is 4.79 Å². The van der Waals surface area contributed by atoms with E-state index in [9.17, 15) is 20.0 Å². The fourth-order valence-corrected chi connectivity index (χ4v) is 1.96. The number of hydrogen-bond acceptors (Lipinski definition) is 8. The van der Waals surface area contributed by atoms with Gasteiger partial charge in [0.25, 0.3) is 11.6 Å². The summed E-state index contributed by atoms with van der Waals surface area (Å²) in [5, 5.41) is 27.4. The summed E-state index contributed by atoms with van der Waals surface area (Å²) in [6.07, 6.45) is 0. The largest absolute Gasteiger partial charge is 0.508 e. The van der Waals surface area contributed by atoms with Crippen molar-refractivity contribution in [3.63, 3.8) is 0 Å². The Kier molecular flexibility index (Phi) is 4.38. The average molecular weight is 341 g/mol. The van der Waals surface area contributed by atoms with Crippen LogP contribution in [-0.2, 0) is 11.3 Å². The Morgan fingerprint density at radius 3 is 2.44 bits per heavy atom. The highest BCUT2D eigenvalue weighted by Gasteiger charge is 2.13. The van der Waals surface area contributed by atoms with Gasteiger partial charge in [-0.15, -0.1) is 10.2 Å². The third kappa shape index (κ3) is 3.78. The van der Waals surface area contributed by atoms with Crippen LogP contribution < -0.4 is 0 Å². The summed E-state index contributed by atoms with van der Waals surface area (Å²) in [4.78, 5) is 22.0. The quantitative estimate of drug-likeness (QED) is 0.426. The molecule has 1 aromatic heterocycles. The van der Waals surface area contributed by atoms with Gasteiger partial charge in [-0.05, 0) is 36.4 Å². The van der Waals surface area contributed by atoms with E-state index in [1.165, 1.54) is 48.5 Å². The van der Waals surface area contributed by atoms with Crippen LogP contribution in [0.2, 0.25) is 0 Å². The number of aromatic hydroxyl groups is 1. The topological polar surface area (TPSA) is 129 Å². The lowest BCUT2D eigenvalue weighted by Crippen LogP contribution is -2.05. The number of hydrogen-bond donors (Lipinski definition) is 1. The second-order valence-electron chi connectivity index (χ2n) is 4.93. The van der Waals surface area contributed by atoms with Gasteiger partial charge in [0.15, 0.2) is 6.61 Å². The highest BCUT2D eigenvalue weighted by atomic mass is 16.6. The van der Waals surface area contributed by atoms with Crippen molar-refractivity contribution in [1.82, 2.24) is 10.2 Å². The molecule has 1 N–H and O–H groups in total. The lowest BCUT2D eigenvalue weighted by Gasteiger charge is -2.01. The predicted octanol–water partition coefficient (Wildman–Crippen LogP) is 2.71. The lowest BCUT2D eigenvalue weighted by molar-refractivity contribution is -0.384. The summed E-state index contributed by atoms with van der Waals surface area (Å²) < 4.78 is 10.4. The maximum atomic E-state index is 11.8. The van der Waals surface area contributed by atoms with E-state index >= 15 is 0 Å². The number of nitro groups is 1. The number of ether oxygens (including phenoxy) is 1. The first-order valence-corrected chi connectivity index (χ1v) is 7.06. The third-order valence-corrected chi connectivity index (χ3v) is 3.22. The molecule has 3 rings (SSSR count). The van der Waals surface area contributed by atoms with Crippen LogP contribution in [0, 0.1) is 10.1 Å². The maximum absolute atomic E-state index is 11.8. The zero-order valence-electron chi connectivity index (χ0n) is 12.7. The molecule has 0 aliphatic carbocycles. The van der Waals surface area contributed by atoms with Gasteiger partial charge in [-0.3, -0.25) is 10.1 Å². The van der Waals surface area contributed by atoms with Crippen LogP contribution in [0.5, 0.6) is 5.75 Å². The van der Waals surface area contributed by atoms with Gasteiger partial charge in [-0.2, -0.15) is 0 Å². The van der Waals surface area contributed by atoms with E-state index < -0.39 is 10.9 Å². The van der Waals surface area contributed by atoms with Crippen LogP contribution in [0.25, 0.3) is 11.5 Å². The van der Waals surface area contributed by atoms with Crippen LogP contribution >= 0.6 is 0 Å². The SMILES string of the molecule is O=C(OCc1nnc(-c2ccc([N+](=O)[O-])cc2)o1)c1ccc(O)cc1. The minimum absolute atomic E-state index is 0.0428. The fourth-order valence-electron chi connectivity index (χ4n) is 1.96. The number of benzene rings is 2. The highest BCUT2D eigenvalue weighted by molar-refractivity contribution is 5.89. The Hall–Kier alpha value is -3.75. The van der Waals surface area contributed by atoms with Gasteiger partial charge in [0, 0.05) is 17.7 Å². The number of carbonyl (C=O) groups excluding carboxylic acids is 1. The van der Waals surface area contributed by atoms with Gasteiger partial charge in [-0.1, -0.05) is 0 Å². The Morgan fingerprint density at radius 1 is 1.12 bits per heavy atom. The van der Waals surface area contributed by atoms with Crippen molar-refractivity contribution in [2.75, 3.05) is 0 Å². The summed E-state index contributed by atoms with van der Waals surface area (Å²) >= 11 is 0. The Balaban J connectivity index is 1.64. The van der Waals surface area contributed by atoms with Crippen LogP contribution in [0.3, 0.4) is 0 Å². The van der Waals surface area contributed by atoms with Crippen LogP contribution in [-0.4, -0.2) is 26.2 Å². The Bertz CT molecular complexity index is 902. The van der Waals surface area contributed by atoms with Crippen molar-refractivity contribution in [2.24, 2.45) is 0 Å². The highest BCUT2D eigenvalue weighted by Crippen LogP contribution is 2.21. The van der Waals surface area contributed by atoms with E-state index in [1.807, 2.05) is 0 Å². The molecule has 0 atom stereocenters. The average Bonchev–Trinajstić information content (AvgIpc) is 3.09. The number of non-ortho nitro benzene ring substituents is 1. The van der Waals surface area contributed by atoms with Gasteiger partial charge >= 0.3 is 5.97 Å². The van der Waals surface area contributed by atoms with Gasteiger partial charge in [0.05, 0.1) is 10.5 Å². The number of phenolic OH excluding ortho intramolecular Hbond substituents is 1. The minimum atomic E-state index is -0.602. The second kappa shape index (κ2) is 6.79. The fraction of sp³-hybridized carbons (Fsp3) is 0.0625. The molecule has 2 aromatic carbocycles. The number of esters is 1. The van der Waals surface area contributed by atoms with Gasteiger partial charge in [0.1, 0.15) is 5.75 Å². The maximum Gasteiger partial charge on any atom is 0.338 e. The van der Waals surface area contributed by atoms with Crippen molar-refractivity contribution in [3.8, 4) is 17.2 Å². The molecule has 0 bridgehead atoms. The molecule has 9 nitrogen and oxygen atoms in total. The molecule has 0 aliphatic rings. The van der Waals surface area contributed by atoms with Crippen molar-refractivity contribution in [1.29, 1.82) is 0 Å². The summed E-state index contributed by atoms with van der Waals surface area (Å²) in [5.74, 6) is -0.317. The van der Waals surface area contributed by atoms with E-state index in [1.54, 1.807) is 0 Å². The number of phenols is 1. The van der Waals surface area contributed by atoms with Crippen molar-refractivity contribution < 1.29 is 24.0 Å². The molecule has 0 radical (unpaired) electrons. The van der Waals surface area contributed by atoms with E-state index in [0.29, 0.717) is 5.56 Å². The first kappa shape index (κ1) is 16.1. The smallest absolute Gasteiger partial charge is 0.338 e. The molecular formula is C16H11N3O6. The predicted molar refractivity (Wildman–Crippen MR) is 83.6 cm³/mol. The Morgan fingerprint density at radius 2 is 1.80 bits per heavy atom. The van der Waals surface area contributed by atoms with E-state index in [0.717, 1.165) is 0 Å². The number of nitro benzene ring substituents is 1. The molecule has 0 unspecified atom stereocenters. The molecule has 0 saturated carbocycles. The van der Waals surface area contributed by atoms with Crippen LogP contribution in [0.4, 0.5) is 5.69 Å². The monoisotopic (exact) mass is 341 g/mol. The molecule has 3 aromatic rings. The first-order valence-electron chi connectivity index (χ1n) is 7.06. The molecule has 0 aliphatic heterocycles.